The smallest absolute Gasteiger partial charge is 0.303 e. The summed E-state index contributed by atoms with van der Waals surface area (Å²) in [4.78, 5) is 10.5. The van der Waals surface area contributed by atoms with Gasteiger partial charge in [-0.05, 0) is 12.1 Å². The third-order valence-corrected chi connectivity index (χ3v) is 2.67. The first-order chi connectivity index (χ1) is 8.18. The molecule has 0 aliphatic rings. The molecule has 0 radical (unpaired) electrons. The van der Waals surface area contributed by atoms with Crippen LogP contribution in [-0.2, 0) is 11.2 Å². The van der Waals surface area contributed by atoms with Crippen molar-refractivity contribution in [2.45, 2.75) is 12.8 Å². The van der Waals surface area contributed by atoms with Crippen molar-refractivity contribution in [3.63, 3.8) is 0 Å². The number of rotatable bonds is 4. The van der Waals surface area contributed by atoms with E-state index in [1.807, 2.05) is 42.5 Å². The van der Waals surface area contributed by atoms with Gasteiger partial charge in [-0.2, -0.15) is 0 Å². The maximum absolute atomic E-state index is 10.5. The summed E-state index contributed by atoms with van der Waals surface area (Å²) in [5.41, 5.74) is 2.74. The normalized spacial score (nSPS) is 10.4. The van der Waals surface area contributed by atoms with Gasteiger partial charge in [0.15, 0.2) is 0 Å². The summed E-state index contributed by atoms with van der Waals surface area (Å²) in [5.74, 6) is 5.13. The average molecular weight is 230 g/mol. The lowest BCUT2D eigenvalue weighted by molar-refractivity contribution is -0.136. The van der Waals surface area contributed by atoms with E-state index in [9.17, 15) is 4.79 Å². The van der Waals surface area contributed by atoms with Crippen LogP contribution in [0.15, 0.2) is 42.5 Å². The number of benzene rings is 1. The second-order valence-corrected chi connectivity index (χ2v) is 3.84. The van der Waals surface area contributed by atoms with Crippen molar-refractivity contribution in [3.8, 4) is 11.3 Å². The maximum Gasteiger partial charge on any atom is 0.303 e. The molecule has 1 heterocycles. The summed E-state index contributed by atoms with van der Waals surface area (Å²) in [7, 11) is 0. The highest BCUT2D eigenvalue weighted by molar-refractivity contribution is 5.67. The predicted octanol–water partition coefficient (Wildman–Crippen LogP) is 1.89. The molecule has 0 bridgehead atoms. The van der Waals surface area contributed by atoms with E-state index < -0.39 is 5.97 Å². The van der Waals surface area contributed by atoms with Crippen molar-refractivity contribution in [2.24, 2.45) is 0 Å². The highest BCUT2D eigenvalue weighted by Crippen LogP contribution is 2.20. The van der Waals surface area contributed by atoms with Crippen molar-refractivity contribution < 1.29 is 9.90 Å². The minimum absolute atomic E-state index is 0.0927. The van der Waals surface area contributed by atoms with E-state index >= 15 is 0 Å². The first-order valence-corrected chi connectivity index (χ1v) is 5.41. The summed E-state index contributed by atoms with van der Waals surface area (Å²) < 4.78 is 1.55. The fourth-order valence-electron chi connectivity index (χ4n) is 1.77. The molecule has 4 heteroatoms. The van der Waals surface area contributed by atoms with Crippen molar-refractivity contribution >= 4 is 5.97 Å². The van der Waals surface area contributed by atoms with Crippen LogP contribution in [0.3, 0.4) is 0 Å². The Bertz CT molecular complexity index is 517. The quantitative estimate of drug-likeness (QED) is 0.788. The molecule has 88 valence electrons. The summed E-state index contributed by atoms with van der Waals surface area (Å²) in [5, 5.41) is 8.64. The Labute approximate surface area is 99.3 Å². The first-order valence-electron chi connectivity index (χ1n) is 5.41. The number of carboxylic acid groups (broad SMARTS) is 1. The molecule has 1 aromatic carbocycles. The Morgan fingerprint density at radius 1 is 1.18 bits per heavy atom. The Balaban J connectivity index is 2.24. The maximum atomic E-state index is 10.5. The molecule has 0 aliphatic heterocycles. The van der Waals surface area contributed by atoms with Gasteiger partial charge in [0, 0.05) is 17.7 Å². The number of nitrogen functional groups attached to an aromatic ring is 1. The van der Waals surface area contributed by atoms with Gasteiger partial charge < -0.3 is 10.9 Å². The molecule has 0 atom stereocenters. The highest BCUT2D eigenvalue weighted by Gasteiger charge is 2.08. The molecule has 0 aliphatic carbocycles. The molecule has 3 N–H and O–H groups in total. The molecule has 2 aromatic rings. The van der Waals surface area contributed by atoms with Crippen molar-refractivity contribution in [1.82, 2.24) is 4.68 Å². The number of aryl methyl sites for hydroxylation is 1. The zero-order chi connectivity index (χ0) is 12.3. The minimum Gasteiger partial charge on any atom is -0.481 e. The van der Waals surface area contributed by atoms with Crippen LogP contribution in [0.25, 0.3) is 11.3 Å². The number of aromatic nitrogens is 1. The number of carbonyl (C=O) groups is 1. The van der Waals surface area contributed by atoms with E-state index in [0.717, 1.165) is 17.0 Å². The van der Waals surface area contributed by atoms with Gasteiger partial charge in [0.25, 0.3) is 0 Å². The molecule has 4 nitrogen and oxygen atoms in total. The summed E-state index contributed by atoms with van der Waals surface area (Å²) >= 11 is 0. The van der Waals surface area contributed by atoms with Gasteiger partial charge in [0.2, 0.25) is 0 Å². The predicted molar refractivity (Wildman–Crippen MR) is 66.0 cm³/mol. The Hall–Kier alpha value is -2.23. The number of aliphatic carboxylic acids is 1. The molecule has 0 saturated carbocycles. The van der Waals surface area contributed by atoms with Gasteiger partial charge in [0.1, 0.15) is 0 Å². The van der Waals surface area contributed by atoms with Crippen LogP contribution in [-0.4, -0.2) is 15.8 Å². The standard InChI is InChI=1S/C13H14N2O2/c14-15-11(7-9-13(16)17)6-8-12(15)10-4-2-1-3-5-10/h1-6,8H,7,9,14H2,(H,16,17). The Morgan fingerprint density at radius 3 is 2.53 bits per heavy atom. The van der Waals surface area contributed by atoms with Crippen molar-refractivity contribution in [2.75, 3.05) is 5.84 Å². The fourth-order valence-corrected chi connectivity index (χ4v) is 1.77. The zero-order valence-electron chi connectivity index (χ0n) is 9.34. The van der Waals surface area contributed by atoms with Crippen LogP contribution in [0.2, 0.25) is 0 Å². The fraction of sp³-hybridized carbons (Fsp3) is 0.154. The van der Waals surface area contributed by atoms with Gasteiger partial charge in [-0.3, -0.25) is 9.47 Å². The molecule has 0 unspecified atom stereocenters. The first kappa shape index (κ1) is 11.3. The van der Waals surface area contributed by atoms with Crippen LogP contribution < -0.4 is 5.84 Å². The average Bonchev–Trinajstić information content (AvgIpc) is 2.69. The lowest BCUT2D eigenvalue weighted by Crippen LogP contribution is -2.14. The van der Waals surface area contributed by atoms with Crippen molar-refractivity contribution in [3.05, 3.63) is 48.2 Å². The van der Waals surface area contributed by atoms with Crippen molar-refractivity contribution in [1.29, 1.82) is 0 Å². The van der Waals surface area contributed by atoms with E-state index in [1.54, 1.807) is 4.68 Å². The topological polar surface area (TPSA) is 68.2 Å². The molecule has 0 amide bonds. The van der Waals surface area contributed by atoms with E-state index in [-0.39, 0.29) is 6.42 Å². The van der Waals surface area contributed by atoms with Gasteiger partial charge >= 0.3 is 5.97 Å². The molecule has 17 heavy (non-hydrogen) atoms. The number of nitrogens with two attached hydrogens (primary N) is 1. The molecule has 1 aromatic heterocycles. The number of nitrogens with zero attached hydrogens (tertiary/aromatic N) is 1. The lowest BCUT2D eigenvalue weighted by Gasteiger charge is -2.06. The monoisotopic (exact) mass is 230 g/mol. The van der Waals surface area contributed by atoms with E-state index in [4.69, 9.17) is 10.9 Å². The highest BCUT2D eigenvalue weighted by atomic mass is 16.4. The molecule has 0 spiro atoms. The second-order valence-electron chi connectivity index (χ2n) is 3.84. The largest absolute Gasteiger partial charge is 0.481 e. The Morgan fingerprint density at radius 2 is 1.88 bits per heavy atom. The molecule has 0 fully saturated rings. The van der Waals surface area contributed by atoms with Gasteiger partial charge in [-0.25, -0.2) is 0 Å². The van der Waals surface area contributed by atoms with Crippen LogP contribution in [0.5, 0.6) is 0 Å². The van der Waals surface area contributed by atoms with Gasteiger partial charge in [-0.1, -0.05) is 30.3 Å². The lowest BCUT2D eigenvalue weighted by atomic mass is 10.2. The van der Waals surface area contributed by atoms with Crippen LogP contribution in [0.1, 0.15) is 12.1 Å². The van der Waals surface area contributed by atoms with E-state index in [0.29, 0.717) is 6.42 Å². The number of hydrogen-bond acceptors (Lipinski definition) is 2. The van der Waals surface area contributed by atoms with Crippen LogP contribution in [0.4, 0.5) is 0 Å². The van der Waals surface area contributed by atoms with E-state index in [1.165, 1.54) is 0 Å². The Kier molecular flexibility index (Phi) is 3.14. The SMILES string of the molecule is Nn1c(CCC(=O)O)ccc1-c1ccccc1. The second kappa shape index (κ2) is 4.74. The zero-order valence-corrected chi connectivity index (χ0v) is 9.34. The van der Waals surface area contributed by atoms with Gasteiger partial charge in [-0.15, -0.1) is 0 Å². The molecule has 0 saturated heterocycles. The number of carboxylic acids is 1. The summed E-state index contributed by atoms with van der Waals surface area (Å²) in [6, 6.07) is 13.5. The van der Waals surface area contributed by atoms with Crippen LogP contribution >= 0.6 is 0 Å². The summed E-state index contributed by atoms with van der Waals surface area (Å²) in [6.07, 6.45) is 0.536. The number of hydrogen-bond donors (Lipinski definition) is 2. The third-order valence-electron chi connectivity index (χ3n) is 2.67. The van der Waals surface area contributed by atoms with Gasteiger partial charge in [0.05, 0.1) is 12.1 Å². The minimum atomic E-state index is -0.813. The van der Waals surface area contributed by atoms with E-state index in [2.05, 4.69) is 0 Å². The van der Waals surface area contributed by atoms with Crippen LogP contribution in [0, 0.1) is 0 Å². The molecular formula is C13H14N2O2. The molecular weight excluding hydrogens is 216 g/mol. The summed E-state index contributed by atoms with van der Waals surface area (Å²) in [6.45, 7) is 0. The molecule has 2 rings (SSSR count). The third kappa shape index (κ3) is 2.47.